The van der Waals surface area contributed by atoms with E-state index >= 15 is 0 Å². The first-order valence-electron chi connectivity index (χ1n) is 9.94. The van der Waals surface area contributed by atoms with Gasteiger partial charge in [0.1, 0.15) is 11.6 Å². The van der Waals surface area contributed by atoms with Crippen LogP contribution in [0.5, 0.6) is 0 Å². The summed E-state index contributed by atoms with van der Waals surface area (Å²) < 4.78 is 1.91. The van der Waals surface area contributed by atoms with E-state index in [1.54, 1.807) is 12.1 Å². The van der Waals surface area contributed by atoms with E-state index in [0.29, 0.717) is 5.56 Å². The fourth-order valence-electron chi connectivity index (χ4n) is 4.23. The molecule has 2 aromatic heterocycles. The lowest BCUT2D eigenvalue weighted by Gasteiger charge is -2.42. The van der Waals surface area contributed by atoms with Gasteiger partial charge in [0.25, 0.3) is 0 Å². The third-order valence-corrected chi connectivity index (χ3v) is 6.56. The third-order valence-electron chi connectivity index (χ3n) is 5.60. The fourth-order valence-corrected chi connectivity index (χ4v) is 5.10. The Balaban J connectivity index is 2.10. The van der Waals surface area contributed by atoms with Crippen molar-refractivity contribution in [2.75, 3.05) is 0 Å². The van der Waals surface area contributed by atoms with E-state index < -0.39 is 17.7 Å². The van der Waals surface area contributed by atoms with Crippen LogP contribution in [0.1, 0.15) is 28.0 Å². The molecule has 3 aromatic rings. The summed E-state index contributed by atoms with van der Waals surface area (Å²) in [6.07, 6.45) is 3.80. The van der Waals surface area contributed by atoms with Crippen LogP contribution in [-0.4, -0.2) is 11.0 Å². The highest BCUT2D eigenvalue weighted by Gasteiger charge is 2.56. The summed E-state index contributed by atoms with van der Waals surface area (Å²) in [7, 11) is 0. The molecule has 6 nitrogen and oxygen atoms in total. The van der Waals surface area contributed by atoms with Crippen LogP contribution < -0.4 is 9.88 Å². The normalized spacial score (nSPS) is 22.2. The first-order chi connectivity index (χ1) is 15.5. The van der Waals surface area contributed by atoms with Crippen LogP contribution in [0.2, 0.25) is 0 Å². The van der Waals surface area contributed by atoms with Crippen LogP contribution in [-0.2, 0) is 5.72 Å². The average Bonchev–Trinajstić information content (AvgIpc) is 3.35. The maximum absolute atomic E-state index is 12.3. The average molecular weight is 439 g/mol. The molecule has 0 amide bonds. The largest absolute Gasteiger partial charge is 0.362 e. The second-order valence-corrected chi connectivity index (χ2v) is 8.52. The number of hydrogen-bond acceptors (Lipinski definition) is 6. The number of aliphatic hydroxyl groups is 1. The zero-order valence-electron chi connectivity index (χ0n) is 17.3. The van der Waals surface area contributed by atoms with Crippen LogP contribution >= 0.6 is 11.3 Å². The number of thiophene rings is 1. The number of nitrogens with zero attached hydrogens (tertiary/aromatic N) is 3. The summed E-state index contributed by atoms with van der Waals surface area (Å²) in [5.74, 6) is 1.56. The zero-order valence-corrected chi connectivity index (χ0v) is 18.1. The van der Waals surface area contributed by atoms with E-state index in [1.807, 2.05) is 77.8 Å². The molecular weight excluding hydrogens is 418 g/mol. The number of aromatic nitrogens is 1. The van der Waals surface area contributed by atoms with Crippen molar-refractivity contribution in [2.45, 2.75) is 24.6 Å². The van der Waals surface area contributed by atoms with Crippen molar-refractivity contribution in [2.24, 2.45) is 0 Å². The summed E-state index contributed by atoms with van der Waals surface area (Å²) in [5, 5.41) is 44.7. The number of rotatable bonds is 4. The van der Waals surface area contributed by atoms with E-state index in [0.717, 1.165) is 10.4 Å². The highest BCUT2D eigenvalue weighted by Crippen LogP contribution is 2.48. The Kier molecular flexibility index (Phi) is 5.73. The monoisotopic (exact) mass is 438 g/mol. The Hall–Kier alpha value is -4.00. The predicted octanol–water partition coefficient (Wildman–Crippen LogP) is 3.59. The first-order valence-corrected chi connectivity index (χ1v) is 10.8. The van der Waals surface area contributed by atoms with Gasteiger partial charge in [0.05, 0.1) is 23.3 Å². The van der Waals surface area contributed by atoms with Gasteiger partial charge in [0.2, 0.25) is 11.8 Å². The summed E-state index contributed by atoms with van der Waals surface area (Å²) in [6.45, 7) is 1.96. The van der Waals surface area contributed by atoms with E-state index in [2.05, 4.69) is 17.3 Å². The van der Waals surface area contributed by atoms with Gasteiger partial charge in [-0.15, -0.1) is 11.3 Å². The van der Waals surface area contributed by atoms with Gasteiger partial charge in [-0.2, -0.15) is 15.1 Å². The quantitative estimate of drug-likeness (QED) is 0.329. The number of allylic oxidation sites excluding steroid dienone is 2. The number of aryl methyl sites for hydroxylation is 1. The summed E-state index contributed by atoms with van der Waals surface area (Å²) in [5.41, 5.74) is 0.173. The lowest BCUT2D eigenvalue weighted by Crippen LogP contribution is -2.62. The van der Waals surface area contributed by atoms with Crippen molar-refractivity contribution in [3.63, 3.8) is 0 Å². The molecule has 3 atom stereocenters. The van der Waals surface area contributed by atoms with E-state index in [9.17, 15) is 15.6 Å². The fraction of sp³-hybridized carbons (Fsp3) is 0.160. The van der Waals surface area contributed by atoms with Gasteiger partial charge < -0.3 is 10.4 Å². The Morgan fingerprint density at radius 1 is 1.16 bits per heavy atom. The van der Waals surface area contributed by atoms with E-state index in [4.69, 9.17) is 5.41 Å². The second kappa shape index (κ2) is 8.63. The Morgan fingerprint density at radius 2 is 1.94 bits per heavy atom. The summed E-state index contributed by atoms with van der Waals surface area (Å²) in [4.78, 5) is 0.871. The summed E-state index contributed by atoms with van der Waals surface area (Å²) in [6, 6.07) is 20.3. The highest BCUT2D eigenvalue weighted by atomic mass is 32.1. The number of benzene rings is 1. The highest BCUT2D eigenvalue weighted by molar-refractivity contribution is 7.10. The zero-order chi connectivity index (χ0) is 22.7. The van der Waals surface area contributed by atoms with Crippen molar-refractivity contribution in [1.82, 2.24) is 5.32 Å². The maximum atomic E-state index is 12.3. The first kappa shape index (κ1) is 21.2. The molecule has 0 unspecified atom stereocenters. The molecule has 3 N–H and O–H groups in total. The van der Waals surface area contributed by atoms with Crippen LogP contribution in [0.25, 0.3) is 0 Å². The standard InChI is InChI=1S/C25H20N5OS/c1-17-7-5-11-30(16-17)24-22(21-10-6-12-32-21)20(15-28)23(18(13-26)14-27)29-25(24,31)19-8-3-2-4-9-19/h2-12,16,22,24,26,29,31H,1H3/q+1/t22-,24+,25-/m0/s1. The molecule has 0 radical (unpaired) electrons. The van der Waals surface area contributed by atoms with Crippen molar-refractivity contribution in [3.8, 4) is 12.1 Å². The van der Waals surface area contributed by atoms with Gasteiger partial charge in [-0.1, -0.05) is 36.4 Å². The van der Waals surface area contributed by atoms with Gasteiger partial charge in [-0.05, 0) is 30.3 Å². The van der Waals surface area contributed by atoms with Crippen LogP contribution in [0.3, 0.4) is 0 Å². The van der Waals surface area contributed by atoms with Gasteiger partial charge in [-0.25, -0.2) is 0 Å². The molecule has 3 heterocycles. The minimum absolute atomic E-state index is 0.124. The molecular formula is C25H20N5OS+. The molecule has 0 aliphatic carbocycles. The molecule has 7 heteroatoms. The number of nitrogens with one attached hydrogen (secondary N) is 2. The van der Waals surface area contributed by atoms with Crippen molar-refractivity contribution in [3.05, 3.63) is 105 Å². The smallest absolute Gasteiger partial charge is 0.227 e. The molecule has 1 aliphatic heterocycles. The van der Waals surface area contributed by atoms with E-state index in [-0.39, 0.29) is 16.8 Å². The molecule has 0 fully saturated rings. The van der Waals surface area contributed by atoms with Gasteiger partial charge in [0.15, 0.2) is 12.4 Å². The summed E-state index contributed by atoms with van der Waals surface area (Å²) >= 11 is 1.48. The minimum Gasteiger partial charge on any atom is -0.362 e. The van der Waals surface area contributed by atoms with E-state index in [1.165, 1.54) is 11.3 Å². The minimum atomic E-state index is -1.68. The molecule has 0 spiro atoms. The Bertz CT molecular complexity index is 1310. The molecule has 1 aromatic carbocycles. The topological polar surface area (TPSA) is 108 Å². The lowest BCUT2D eigenvalue weighted by molar-refractivity contribution is -0.744. The molecule has 0 bridgehead atoms. The molecule has 32 heavy (non-hydrogen) atoms. The number of nitriles is 2. The molecule has 4 rings (SSSR count). The third kappa shape index (κ3) is 3.51. The van der Waals surface area contributed by atoms with Gasteiger partial charge in [0, 0.05) is 22.1 Å². The second-order valence-electron chi connectivity index (χ2n) is 7.54. The van der Waals surface area contributed by atoms with Crippen LogP contribution in [0.4, 0.5) is 0 Å². The Morgan fingerprint density at radius 3 is 2.53 bits per heavy atom. The van der Waals surface area contributed by atoms with Crippen molar-refractivity contribution in [1.29, 1.82) is 15.9 Å². The Labute approximate surface area is 190 Å². The van der Waals surface area contributed by atoms with Crippen LogP contribution in [0.15, 0.2) is 89.2 Å². The molecule has 0 saturated carbocycles. The van der Waals surface area contributed by atoms with Gasteiger partial charge in [-0.3, -0.25) is 5.41 Å². The number of pyridine rings is 1. The SMILES string of the molecule is Cc1ccc[n+]([C@@H]2[C@H](c3cccs3)C(C#N)=C(C(=C=N)C#N)N[C@]2(O)c2ccccc2)c1. The predicted molar refractivity (Wildman–Crippen MR) is 120 cm³/mol. The van der Waals surface area contributed by atoms with Gasteiger partial charge >= 0.3 is 0 Å². The number of hydrogen-bond donors (Lipinski definition) is 3. The molecule has 156 valence electrons. The maximum Gasteiger partial charge on any atom is 0.227 e. The van der Waals surface area contributed by atoms with Crippen LogP contribution in [0, 0.1) is 35.0 Å². The molecule has 1 aliphatic rings. The van der Waals surface area contributed by atoms with Crippen molar-refractivity contribution >= 4 is 17.2 Å². The lowest BCUT2D eigenvalue weighted by atomic mass is 9.75. The van der Waals surface area contributed by atoms with Crippen molar-refractivity contribution < 1.29 is 9.67 Å². The molecule has 0 saturated heterocycles.